The molecule has 2 atom stereocenters. The van der Waals surface area contributed by atoms with E-state index >= 15 is 0 Å². The second-order valence-corrected chi connectivity index (χ2v) is 11.5. The first-order chi connectivity index (χ1) is 8.72. The van der Waals surface area contributed by atoms with E-state index in [1.807, 2.05) is 30.3 Å². The summed E-state index contributed by atoms with van der Waals surface area (Å²) in [5, 5.41) is 3.06. The summed E-state index contributed by atoms with van der Waals surface area (Å²) in [4.78, 5) is 11.8. The third kappa shape index (κ3) is 2.74. The van der Waals surface area contributed by atoms with Crippen LogP contribution in [-0.2, 0) is 9.22 Å². The van der Waals surface area contributed by atoms with Gasteiger partial charge in [-0.1, -0.05) is 51.1 Å². The zero-order chi connectivity index (χ0) is 14.3. The van der Waals surface area contributed by atoms with Crippen LogP contribution in [0.25, 0.3) is 0 Å². The molecule has 1 aromatic rings. The number of carbonyl (C=O) groups excluding carboxylic acids is 1. The molecule has 1 amide bonds. The van der Waals surface area contributed by atoms with Gasteiger partial charge in [0.25, 0.3) is 5.91 Å². The summed E-state index contributed by atoms with van der Waals surface area (Å²) < 4.78 is 6.24. The lowest BCUT2D eigenvalue weighted by Gasteiger charge is -2.45. The number of hydrogen-bond donors (Lipinski definition) is 1. The lowest BCUT2D eigenvalue weighted by atomic mass is 9.94. The Labute approximate surface area is 116 Å². The smallest absolute Gasteiger partial charge is 0.251 e. The zero-order valence-electron chi connectivity index (χ0n) is 12.4. The number of rotatable bonds is 3. The van der Waals surface area contributed by atoms with Gasteiger partial charge < -0.3 is 9.74 Å². The van der Waals surface area contributed by atoms with Crippen LogP contribution in [0.1, 0.15) is 32.4 Å². The highest BCUT2D eigenvalue weighted by Gasteiger charge is 2.48. The predicted molar refractivity (Wildman–Crippen MR) is 79.4 cm³/mol. The fraction of sp³-hybridized carbons (Fsp3) is 0.533. The van der Waals surface area contributed by atoms with Crippen LogP contribution in [0.5, 0.6) is 0 Å². The highest BCUT2D eigenvalue weighted by Crippen LogP contribution is 2.40. The molecule has 0 bridgehead atoms. The second-order valence-electron chi connectivity index (χ2n) is 6.70. The lowest BCUT2D eigenvalue weighted by molar-refractivity contribution is -0.141. The van der Waals surface area contributed by atoms with Gasteiger partial charge in [-0.25, -0.2) is 0 Å². The molecule has 1 aliphatic rings. The van der Waals surface area contributed by atoms with Gasteiger partial charge in [-0.3, -0.25) is 4.79 Å². The Morgan fingerprint density at radius 2 is 1.74 bits per heavy atom. The predicted octanol–water partition coefficient (Wildman–Crippen LogP) is 3.25. The Morgan fingerprint density at radius 3 is 2.21 bits per heavy atom. The highest BCUT2D eigenvalue weighted by atomic mass is 28.4. The molecule has 1 aliphatic heterocycles. The van der Waals surface area contributed by atoms with E-state index in [9.17, 15) is 4.79 Å². The van der Waals surface area contributed by atoms with Crippen molar-refractivity contribution in [3.63, 3.8) is 0 Å². The molecule has 2 rings (SSSR count). The first-order valence-corrected chi connectivity index (χ1v) is 9.66. The maximum atomic E-state index is 11.8. The molecule has 19 heavy (non-hydrogen) atoms. The Bertz CT molecular complexity index is 465. The van der Waals surface area contributed by atoms with Crippen molar-refractivity contribution in [2.45, 2.75) is 51.0 Å². The van der Waals surface area contributed by atoms with Crippen molar-refractivity contribution in [3.8, 4) is 0 Å². The molecular weight excluding hydrogens is 254 g/mol. The summed E-state index contributed by atoms with van der Waals surface area (Å²) in [5.41, 5.74) is 1.12. The lowest BCUT2D eigenvalue weighted by Crippen LogP contribution is -2.61. The molecule has 1 aromatic carbocycles. The van der Waals surface area contributed by atoms with Gasteiger partial charge in [-0.2, -0.15) is 0 Å². The summed E-state index contributed by atoms with van der Waals surface area (Å²) in [6.07, 6.45) is -0.330. The van der Waals surface area contributed by atoms with Crippen LogP contribution in [0.4, 0.5) is 0 Å². The Morgan fingerprint density at radius 1 is 1.16 bits per heavy atom. The van der Waals surface area contributed by atoms with Gasteiger partial charge in [0.2, 0.25) is 0 Å². The third-order valence-corrected chi connectivity index (χ3v) is 8.70. The minimum absolute atomic E-state index is 0.00262. The van der Waals surface area contributed by atoms with Gasteiger partial charge in [0, 0.05) is 0 Å². The van der Waals surface area contributed by atoms with Gasteiger partial charge in [0.1, 0.15) is 6.10 Å². The fourth-order valence-corrected chi connectivity index (χ4v) is 3.13. The Balaban J connectivity index is 2.14. The molecular formula is C15H23NO2Si. The highest BCUT2D eigenvalue weighted by molar-refractivity contribution is 6.74. The normalized spacial score (nSPS) is 23.7. The van der Waals surface area contributed by atoms with Crippen LogP contribution in [0.3, 0.4) is 0 Å². The van der Waals surface area contributed by atoms with Crippen molar-refractivity contribution >= 4 is 14.2 Å². The molecule has 2 unspecified atom stereocenters. The van der Waals surface area contributed by atoms with E-state index < -0.39 is 8.32 Å². The van der Waals surface area contributed by atoms with Crippen molar-refractivity contribution in [1.82, 2.24) is 5.32 Å². The first kappa shape index (κ1) is 14.3. The molecule has 104 valence electrons. The molecule has 1 fully saturated rings. The topological polar surface area (TPSA) is 38.3 Å². The minimum atomic E-state index is -1.92. The van der Waals surface area contributed by atoms with Crippen molar-refractivity contribution in [3.05, 3.63) is 35.9 Å². The molecule has 3 nitrogen and oxygen atoms in total. The molecule has 1 N–H and O–H groups in total. The van der Waals surface area contributed by atoms with Crippen LogP contribution >= 0.6 is 0 Å². The van der Waals surface area contributed by atoms with E-state index in [-0.39, 0.29) is 23.1 Å². The van der Waals surface area contributed by atoms with E-state index in [4.69, 9.17) is 4.43 Å². The van der Waals surface area contributed by atoms with Crippen LogP contribution in [0, 0.1) is 0 Å². The quantitative estimate of drug-likeness (QED) is 0.680. The second kappa shape index (κ2) is 4.76. The van der Waals surface area contributed by atoms with E-state index in [0.29, 0.717) is 0 Å². The van der Waals surface area contributed by atoms with E-state index in [2.05, 4.69) is 39.2 Å². The summed E-state index contributed by atoms with van der Waals surface area (Å²) >= 11 is 0. The average molecular weight is 277 g/mol. The zero-order valence-corrected chi connectivity index (χ0v) is 13.4. The molecule has 1 saturated heterocycles. The van der Waals surface area contributed by atoms with Gasteiger partial charge in [0.15, 0.2) is 8.32 Å². The average Bonchev–Trinajstić information content (AvgIpc) is 2.33. The van der Waals surface area contributed by atoms with Crippen LogP contribution in [-0.4, -0.2) is 20.3 Å². The number of nitrogens with one attached hydrogen (secondary N) is 1. The van der Waals surface area contributed by atoms with Gasteiger partial charge in [0.05, 0.1) is 6.04 Å². The summed E-state index contributed by atoms with van der Waals surface area (Å²) in [6, 6.07) is 10.0. The van der Waals surface area contributed by atoms with Gasteiger partial charge in [-0.15, -0.1) is 0 Å². The summed E-state index contributed by atoms with van der Waals surface area (Å²) in [6.45, 7) is 10.9. The van der Waals surface area contributed by atoms with E-state index in [0.717, 1.165) is 5.56 Å². The number of hydrogen-bond acceptors (Lipinski definition) is 2. The Hall–Kier alpha value is -1.13. The fourth-order valence-electron chi connectivity index (χ4n) is 1.90. The van der Waals surface area contributed by atoms with Crippen molar-refractivity contribution in [1.29, 1.82) is 0 Å². The largest absolute Gasteiger partial charge is 0.403 e. The van der Waals surface area contributed by atoms with E-state index in [1.54, 1.807) is 0 Å². The van der Waals surface area contributed by atoms with Crippen molar-refractivity contribution < 1.29 is 9.22 Å². The van der Waals surface area contributed by atoms with Crippen LogP contribution in [0.2, 0.25) is 18.1 Å². The molecule has 0 aromatic heterocycles. The number of amides is 1. The monoisotopic (exact) mass is 277 g/mol. The maximum absolute atomic E-state index is 11.8. The van der Waals surface area contributed by atoms with Crippen LogP contribution in [0.15, 0.2) is 30.3 Å². The van der Waals surface area contributed by atoms with Crippen LogP contribution < -0.4 is 5.32 Å². The summed E-state index contributed by atoms with van der Waals surface area (Å²) in [5.74, 6) is 0.0127. The molecule has 0 aliphatic carbocycles. The molecule has 1 heterocycles. The minimum Gasteiger partial charge on any atom is -0.403 e. The molecule has 0 radical (unpaired) electrons. The Kier molecular flexibility index (Phi) is 3.58. The number of β-lactam (4-membered cyclic amide) rings is 1. The first-order valence-electron chi connectivity index (χ1n) is 6.75. The molecule has 4 heteroatoms. The van der Waals surface area contributed by atoms with Gasteiger partial charge in [-0.05, 0) is 23.7 Å². The maximum Gasteiger partial charge on any atom is 0.251 e. The standard InChI is InChI=1S/C15H23NO2Si/c1-15(2,3)19(4,5)18-13-12(16-14(13)17)11-9-7-6-8-10-11/h6-10,12-13H,1-5H3,(H,16,17). The summed E-state index contributed by atoms with van der Waals surface area (Å²) in [7, 11) is -1.92. The SMILES string of the molecule is CC(C)(C)[Si](C)(C)OC1C(=O)NC1c1ccccc1. The third-order valence-electron chi connectivity index (χ3n) is 4.25. The number of carbonyl (C=O) groups is 1. The molecule has 0 spiro atoms. The van der Waals surface area contributed by atoms with Crippen molar-refractivity contribution in [2.75, 3.05) is 0 Å². The molecule has 0 saturated carbocycles. The number of benzene rings is 1. The van der Waals surface area contributed by atoms with Gasteiger partial charge >= 0.3 is 0 Å². The van der Waals surface area contributed by atoms with Crippen molar-refractivity contribution in [2.24, 2.45) is 0 Å². The van der Waals surface area contributed by atoms with E-state index in [1.165, 1.54) is 0 Å².